The molecule has 76 valence electrons. The van der Waals surface area contributed by atoms with Crippen LogP contribution < -0.4 is 21.9 Å². The summed E-state index contributed by atoms with van der Waals surface area (Å²) in [7, 11) is 0. The Hall–Kier alpha value is -2.03. The van der Waals surface area contributed by atoms with Gasteiger partial charge in [-0.15, -0.1) is 0 Å². The van der Waals surface area contributed by atoms with E-state index in [2.05, 4.69) is 16.2 Å². The fraction of sp³-hybridized carbons (Fsp3) is 0.100. The van der Waals surface area contributed by atoms with Crippen molar-refractivity contribution in [1.29, 1.82) is 5.26 Å². The Balaban J connectivity index is 2.20. The Morgan fingerprint density at radius 2 is 2.07 bits per heavy atom. The number of nitrogens with two attached hydrogens (primary N) is 1. The quantitative estimate of drug-likeness (QED) is 0.514. The molecule has 5 N–H and O–H groups in total. The van der Waals surface area contributed by atoms with Crippen molar-refractivity contribution in [3.8, 4) is 6.07 Å². The maximum absolute atomic E-state index is 8.86. The normalized spacial score (nSPS) is 23.9. The maximum atomic E-state index is 8.86. The van der Waals surface area contributed by atoms with Gasteiger partial charge >= 0.3 is 0 Å². The molecule has 0 amide bonds. The van der Waals surface area contributed by atoms with E-state index in [1.807, 2.05) is 36.4 Å². The van der Waals surface area contributed by atoms with Gasteiger partial charge in [-0.05, 0) is 12.1 Å². The maximum Gasteiger partial charge on any atom is 0.196 e. The predicted molar refractivity (Wildman–Crippen MR) is 57.0 cm³/mol. The van der Waals surface area contributed by atoms with Crippen LogP contribution in [0.3, 0.4) is 0 Å². The molecular formula is C10H11N5. The second-order valence-corrected chi connectivity index (χ2v) is 3.24. The lowest BCUT2D eigenvalue weighted by atomic mass is 10.1. The first kappa shape index (κ1) is 9.52. The molecule has 1 unspecified atom stereocenters. The van der Waals surface area contributed by atoms with Crippen LogP contribution >= 0.6 is 0 Å². The molecule has 2 rings (SSSR count). The molecular weight excluding hydrogens is 190 g/mol. The van der Waals surface area contributed by atoms with Gasteiger partial charge in [-0.3, -0.25) is 5.73 Å². The molecule has 0 saturated heterocycles. The monoisotopic (exact) mass is 201 g/mol. The highest BCUT2D eigenvalue weighted by molar-refractivity contribution is 5.50. The van der Waals surface area contributed by atoms with Crippen molar-refractivity contribution in [2.45, 2.75) is 5.79 Å². The second-order valence-electron chi connectivity index (χ2n) is 3.24. The molecule has 1 heterocycles. The topological polar surface area (TPSA) is 85.9 Å². The molecule has 15 heavy (non-hydrogen) atoms. The first-order valence-electron chi connectivity index (χ1n) is 4.50. The average Bonchev–Trinajstić information content (AvgIpc) is 2.60. The smallest absolute Gasteiger partial charge is 0.196 e. The molecule has 1 atom stereocenters. The van der Waals surface area contributed by atoms with Crippen molar-refractivity contribution in [3.63, 3.8) is 0 Å². The molecule has 0 fully saturated rings. The van der Waals surface area contributed by atoms with Crippen molar-refractivity contribution in [1.82, 2.24) is 10.9 Å². The standard InChI is InChI=1S/C10H11N5/c11-6-8-7-13-15-10(8,12)14-9-4-2-1-3-5-9/h1-5,7,13-15H,12H2. The van der Waals surface area contributed by atoms with Crippen molar-refractivity contribution < 1.29 is 0 Å². The molecule has 1 aliphatic rings. The van der Waals surface area contributed by atoms with Crippen LogP contribution in [0.5, 0.6) is 0 Å². The van der Waals surface area contributed by atoms with Crippen LogP contribution in [0.15, 0.2) is 42.1 Å². The average molecular weight is 201 g/mol. The predicted octanol–water partition coefficient (Wildman–Crippen LogP) is 0.226. The number of para-hydroxylation sites is 1. The number of nitrogens with zero attached hydrogens (tertiary/aromatic N) is 1. The minimum Gasteiger partial charge on any atom is -0.349 e. The highest BCUT2D eigenvalue weighted by Crippen LogP contribution is 2.17. The van der Waals surface area contributed by atoms with Gasteiger partial charge in [-0.1, -0.05) is 18.2 Å². The molecule has 0 aliphatic carbocycles. The number of nitriles is 1. The molecule has 1 aromatic rings. The summed E-state index contributed by atoms with van der Waals surface area (Å²) in [5.41, 5.74) is 12.7. The van der Waals surface area contributed by atoms with E-state index in [4.69, 9.17) is 11.0 Å². The molecule has 0 saturated carbocycles. The molecule has 5 heteroatoms. The fourth-order valence-corrected chi connectivity index (χ4v) is 1.37. The molecule has 0 spiro atoms. The largest absolute Gasteiger partial charge is 0.349 e. The summed E-state index contributed by atoms with van der Waals surface area (Å²) in [4.78, 5) is 0. The minimum atomic E-state index is -1.05. The minimum absolute atomic E-state index is 0.409. The third-order valence-corrected chi connectivity index (χ3v) is 2.15. The van der Waals surface area contributed by atoms with E-state index in [-0.39, 0.29) is 0 Å². The third-order valence-electron chi connectivity index (χ3n) is 2.15. The van der Waals surface area contributed by atoms with Gasteiger partial charge < -0.3 is 10.7 Å². The van der Waals surface area contributed by atoms with Crippen LogP contribution in [0.4, 0.5) is 5.69 Å². The van der Waals surface area contributed by atoms with E-state index < -0.39 is 5.79 Å². The van der Waals surface area contributed by atoms with E-state index in [9.17, 15) is 0 Å². The first-order chi connectivity index (χ1) is 7.24. The van der Waals surface area contributed by atoms with Gasteiger partial charge in [0.1, 0.15) is 11.6 Å². The number of hydrazine groups is 1. The summed E-state index contributed by atoms with van der Waals surface area (Å²) in [6.07, 6.45) is 1.54. The lowest BCUT2D eigenvalue weighted by Gasteiger charge is -2.26. The number of rotatable bonds is 2. The number of benzene rings is 1. The number of anilines is 1. The van der Waals surface area contributed by atoms with E-state index in [0.29, 0.717) is 5.57 Å². The zero-order valence-corrected chi connectivity index (χ0v) is 7.99. The molecule has 0 aromatic heterocycles. The number of hydrogen-bond acceptors (Lipinski definition) is 5. The highest BCUT2D eigenvalue weighted by atomic mass is 15.5. The Kier molecular flexibility index (Phi) is 2.29. The molecule has 0 bridgehead atoms. The summed E-state index contributed by atoms with van der Waals surface area (Å²) in [6.45, 7) is 0. The fourth-order valence-electron chi connectivity index (χ4n) is 1.37. The Labute approximate surface area is 87.5 Å². The van der Waals surface area contributed by atoms with E-state index in [1.54, 1.807) is 0 Å². The van der Waals surface area contributed by atoms with Crippen LogP contribution in [0.2, 0.25) is 0 Å². The Morgan fingerprint density at radius 3 is 2.73 bits per heavy atom. The lowest BCUT2D eigenvalue weighted by molar-refractivity contribution is 0.455. The summed E-state index contributed by atoms with van der Waals surface area (Å²) in [6, 6.07) is 11.5. The van der Waals surface area contributed by atoms with E-state index in [1.165, 1.54) is 6.20 Å². The van der Waals surface area contributed by atoms with Crippen LogP contribution in [0.25, 0.3) is 0 Å². The van der Waals surface area contributed by atoms with E-state index >= 15 is 0 Å². The van der Waals surface area contributed by atoms with Crippen LogP contribution in [0, 0.1) is 11.3 Å². The zero-order valence-electron chi connectivity index (χ0n) is 7.99. The molecule has 1 aliphatic heterocycles. The van der Waals surface area contributed by atoms with Crippen LogP contribution in [-0.4, -0.2) is 5.79 Å². The van der Waals surface area contributed by atoms with Crippen LogP contribution in [-0.2, 0) is 0 Å². The second kappa shape index (κ2) is 3.61. The van der Waals surface area contributed by atoms with Gasteiger partial charge in [-0.25, -0.2) is 0 Å². The van der Waals surface area contributed by atoms with Gasteiger partial charge in [-0.2, -0.15) is 10.7 Å². The van der Waals surface area contributed by atoms with Crippen molar-refractivity contribution in [3.05, 3.63) is 42.1 Å². The SMILES string of the molecule is N#CC1=CNNC1(N)Nc1ccccc1. The van der Waals surface area contributed by atoms with Crippen molar-refractivity contribution in [2.24, 2.45) is 5.73 Å². The Morgan fingerprint density at radius 1 is 1.33 bits per heavy atom. The summed E-state index contributed by atoms with van der Waals surface area (Å²) < 4.78 is 0. The van der Waals surface area contributed by atoms with Crippen LogP contribution in [0.1, 0.15) is 0 Å². The number of hydrogen-bond donors (Lipinski definition) is 4. The first-order valence-corrected chi connectivity index (χ1v) is 4.50. The molecule has 1 aromatic carbocycles. The molecule has 0 radical (unpaired) electrons. The van der Waals surface area contributed by atoms with Gasteiger partial charge in [0.2, 0.25) is 0 Å². The third kappa shape index (κ3) is 1.76. The Bertz CT molecular complexity index is 419. The van der Waals surface area contributed by atoms with Crippen molar-refractivity contribution >= 4 is 5.69 Å². The van der Waals surface area contributed by atoms with Crippen molar-refractivity contribution in [2.75, 3.05) is 5.32 Å². The van der Waals surface area contributed by atoms with Gasteiger partial charge in [0.15, 0.2) is 5.79 Å². The van der Waals surface area contributed by atoms with Gasteiger partial charge in [0.05, 0.1) is 0 Å². The van der Waals surface area contributed by atoms with E-state index in [0.717, 1.165) is 5.69 Å². The van der Waals surface area contributed by atoms with Gasteiger partial charge in [0, 0.05) is 11.9 Å². The zero-order chi connectivity index (χ0) is 10.7. The van der Waals surface area contributed by atoms with Gasteiger partial charge in [0.25, 0.3) is 0 Å². The lowest BCUT2D eigenvalue weighted by Crippen LogP contribution is -2.60. The summed E-state index contributed by atoms with van der Waals surface area (Å²) in [5, 5.41) is 11.9. The molecule has 5 nitrogen and oxygen atoms in total. The highest BCUT2D eigenvalue weighted by Gasteiger charge is 2.33. The summed E-state index contributed by atoms with van der Waals surface area (Å²) >= 11 is 0. The number of nitrogens with one attached hydrogen (secondary N) is 3. The summed E-state index contributed by atoms with van der Waals surface area (Å²) in [5.74, 6) is -1.05.